The summed E-state index contributed by atoms with van der Waals surface area (Å²) in [6, 6.07) is 13.2. The summed E-state index contributed by atoms with van der Waals surface area (Å²) in [4.78, 5) is 29.6. The molecule has 1 aliphatic carbocycles. The summed E-state index contributed by atoms with van der Waals surface area (Å²) in [7, 11) is 0. The van der Waals surface area contributed by atoms with Gasteiger partial charge in [0.05, 0.1) is 19.2 Å². The predicted octanol–water partition coefficient (Wildman–Crippen LogP) is 4.81. The predicted molar refractivity (Wildman–Crippen MR) is 123 cm³/mol. The first-order valence-corrected chi connectivity index (χ1v) is 11.9. The number of furan rings is 1. The molecule has 0 spiro atoms. The normalized spacial score (nSPS) is 15.2. The number of hydrogen-bond acceptors (Lipinski definition) is 5. The molecule has 2 heterocycles. The van der Waals surface area contributed by atoms with Crippen LogP contribution in [-0.4, -0.2) is 27.9 Å². The standard InChI is InChI=1S/C25H28N2O4S/c28-20-12-10-18(11-13-20)24(25(30)26-19-6-2-1-3-7-19)27(17-21-8-4-14-31-21)23(29)16-22-9-5-15-32-22/h4-5,8-15,19,24,28H,1-3,6-7,16-17H2,(H,26,30). The Hall–Kier alpha value is -3.06. The first-order chi connectivity index (χ1) is 15.6. The van der Waals surface area contributed by atoms with Crippen molar-refractivity contribution in [2.45, 2.75) is 57.2 Å². The monoisotopic (exact) mass is 452 g/mol. The number of aromatic hydroxyl groups is 1. The highest BCUT2D eigenvalue weighted by Gasteiger charge is 2.33. The molecule has 1 saturated carbocycles. The highest BCUT2D eigenvalue weighted by Crippen LogP contribution is 2.28. The number of rotatable bonds is 8. The Kier molecular flexibility index (Phi) is 7.27. The number of benzene rings is 1. The molecule has 168 valence electrons. The molecule has 1 atom stereocenters. The first kappa shape index (κ1) is 22.1. The van der Waals surface area contributed by atoms with Gasteiger partial charge in [-0.25, -0.2) is 0 Å². The molecule has 6 nitrogen and oxygen atoms in total. The number of carbonyl (C=O) groups excluding carboxylic acids is 2. The lowest BCUT2D eigenvalue weighted by atomic mass is 9.94. The average molecular weight is 453 g/mol. The Balaban J connectivity index is 1.66. The van der Waals surface area contributed by atoms with Crippen molar-refractivity contribution in [3.63, 3.8) is 0 Å². The van der Waals surface area contributed by atoms with E-state index >= 15 is 0 Å². The molecule has 0 radical (unpaired) electrons. The summed E-state index contributed by atoms with van der Waals surface area (Å²) in [5, 5.41) is 14.9. The van der Waals surface area contributed by atoms with Crippen LogP contribution < -0.4 is 5.32 Å². The number of nitrogens with zero attached hydrogens (tertiary/aromatic N) is 1. The summed E-state index contributed by atoms with van der Waals surface area (Å²) >= 11 is 1.52. The van der Waals surface area contributed by atoms with Gasteiger partial charge >= 0.3 is 0 Å². The molecule has 3 aromatic rings. The van der Waals surface area contributed by atoms with Crippen molar-refractivity contribution in [3.05, 3.63) is 76.4 Å². The zero-order valence-corrected chi connectivity index (χ0v) is 18.7. The maximum absolute atomic E-state index is 13.6. The molecule has 1 aromatic carbocycles. The molecule has 1 fully saturated rings. The summed E-state index contributed by atoms with van der Waals surface area (Å²) in [5.74, 6) is 0.371. The van der Waals surface area contributed by atoms with E-state index in [2.05, 4.69) is 5.32 Å². The van der Waals surface area contributed by atoms with E-state index in [4.69, 9.17) is 4.42 Å². The third-order valence-electron chi connectivity index (χ3n) is 5.85. The molecule has 1 unspecified atom stereocenters. The van der Waals surface area contributed by atoms with Gasteiger partial charge in [-0.05, 0) is 54.1 Å². The SMILES string of the molecule is O=C(NC1CCCCC1)C(c1ccc(O)cc1)N(Cc1ccco1)C(=O)Cc1cccs1. The van der Waals surface area contributed by atoms with Gasteiger partial charge in [0, 0.05) is 10.9 Å². The van der Waals surface area contributed by atoms with Crippen LogP contribution in [0.15, 0.2) is 64.6 Å². The van der Waals surface area contributed by atoms with Crippen LogP contribution >= 0.6 is 11.3 Å². The Labute approximate surface area is 191 Å². The quantitative estimate of drug-likeness (QED) is 0.514. The van der Waals surface area contributed by atoms with Crippen molar-refractivity contribution in [1.82, 2.24) is 10.2 Å². The van der Waals surface area contributed by atoms with E-state index in [0.29, 0.717) is 11.3 Å². The molecular weight excluding hydrogens is 424 g/mol. The maximum atomic E-state index is 13.6. The van der Waals surface area contributed by atoms with Gasteiger partial charge < -0.3 is 19.7 Å². The molecule has 1 aliphatic rings. The van der Waals surface area contributed by atoms with Gasteiger partial charge in [0.2, 0.25) is 11.8 Å². The average Bonchev–Trinajstić information content (AvgIpc) is 3.49. The number of thiophene rings is 1. The Morgan fingerprint density at radius 1 is 1.09 bits per heavy atom. The first-order valence-electron chi connectivity index (χ1n) is 11.0. The Morgan fingerprint density at radius 3 is 2.53 bits per heavy atom. The molecular formula is C25H28N2O4S. The van der Waals surface area contributed by atoms with Crippen molar-refractivity contribution >= 4 is 23.2 Å². The van der Waals surface area contributed by atoms with Crippen LogP contribution in [-0.2, 0) is 22.6 Å². The molecule has 0 saturated heterocycles. The maximum Gasteiger partial charge on any atom is 0.247 e. The summed E-state index contributed by atoms with van der Waals surface area (Å²) in [6.45, 7) is 0.181. The highest BCUT2D eigenvalue weighted by molar-refractivity contribution is 7.10. The van der Waals surface area contributed by atoms with Gasteiger partial charge in [0.25, 0.3) is 0 Å². The number of amides is 2. The van der Waals surface area contributed by atoms with E-state index in [1.807, 2.05) is 17.5 Å². The lowest BCUT2D eigenvalue weighted by molar-refractivity contribution is -0.141. The smallest absolute Gasteiger partial charge is 0.247 e. The molecule has 2 N–H and O–H groups in total. The van der Waals surface area contributed by atoms with Crippen LogP contribution in [0.4, 0.5) is 0 Å². The topological polar surface area (TPSA) is 82.8 Å². The molecule has 2 amide bonds. The van der Waals surface area contributed by atoms with Crippen LogP contribution in [0.2, 0.25) is 0 Å². The highest BCUT2D eigenvalue weighted by atomic mass is 32.1. The third kappa shape index (κ3) is 5.59. The Morgan fingerprint density at radius 2 is 1.88 bits per heavy atom. The minimum atomic E-state index is -0.824. The van der Waals surface area contributed by atoms with Crippen molar-refractivity contribution < 1.29 is 19.1 Å². The van der Waals surface area contributed by atoms with E-state index in [9.17, 15) is 14.7 Å². The van der Waals surface area contributed by atoms with Gasteiger partial charge in [-0.1, -0.05) is 37.5 Å². The number of phenols is 1. The molecule has 4 rings (SSSR count). The van der Waals surface area contributed by atoms with Crippen LogP contribution in [0.25, 0.3) is 0 Å². The largest absolute Gasteiger partial charge is 0.508 e. The zero-order valence-electron chi connectivity index (χ0n) is 17.9. The van der Waals surface area contributed by atoms with Crippen molar-refractivity contribution in [2.75, 3.05) is 0 Å². The zero-order chi connectivity index (χ0) is 22.3. The van der Waals surface area contributed by atoms with E-state index in [1.165, 1.54) is 17.8 Å². The fourth-order valence-electron chi connectivity index (χ4n) is 4.21. The molecule has 0 bridgehead atoms. The number of hydrogen-bond donors (Lipinski definition) is 2. The molecule has 7 heteroatoms. The van der Waals surface area contributed by atoms with E-state index in [0.717, 1.165) is 30.6 Å². The van der Waals surface area contributed by atoms with Gasteiger partial charge in [-0.3, -0.25) is 9.59 Å². The second kappa shape index (κ2) is 10.5. The fraction of sp³-hybridized carbons (Fsp3) is 0.360. The number of carbonyl (C=O) groups is 2. The van der Waals surface area contributed by atoms with E-state index < -0.39 is 6.04 Å². The summed E-state index contributed by atoms with van der Waals surface area (Å²) < 4.78 is 5.52. The summed E-state index contributed by atoms with van der Waals surface area (Å²) in [5.41, 5.74) is 0.655. The fourth-order valence-corrected chi connectivity index (χ4v) is 4.91. The Bertz CT molecular complexity index is 993. The molecule has 32 heavy (non-hydrogen) atoms. The molecule has 0 aliphatic heterocycles. The van der Waals surface area contributed by atoms with Crippen molar-refractivity contribution in [1.29, 1.82) is 0 Å². The van der Waals surface area contributed by atoms with Gasteiger partial charge in [-0.15, -0.1) is 11.3 Å². The second-order valence-corrected chi connectivity index (χ2v) is 9.23. The van der Waals surface area contributed by atoms with Crippen LogP contribution in [0.3, 0.4) is 0 Å². The summed E-state index contributed by atoms with van der Waals surface area (Å²) in [6.07, 6.45) is 7.07. The van der Waals surface area contributed by atoms with Crippen LogP contribution in [0.1, 0.15) is 54.3 Å². The van der Waals surface area contributed by atoms with Crippen LogP contribution in [0, 0.1) is 0 Å². The van der Waals surface area contributed by atoms with E-state index in [-0.39, 0.29) is 36.6 Å². The molecule has 2 aromatic heterocycles. The van der Waals surface area contributed by atoms with Gasteiger partial charge in [-0.2, -0.15) is 0 Å². The van der Waals surface area contributed by atoms with Crippen molar-refractivity contribution in [3.8, 4) is 5.75 Å². The third-order valence-corrected chi connectivity index (χ3v) is 6.73. The number of phenolic OH excluding ortho intramolecular Hbond substituents is 1. The van der Waals surface area contributed by atoms with E-state index in [1.54, 1.807) is 47.6 Å². The lowest BCUT2D eigenvalue weighted by Crippen LogP contribution is -2.47. The van der Waals surface area contributed by atoms with Gasteiger partial charge in [0.15, 0.2) is 0 Å². The second-order valence-electron chi connectivity index (χ2n) is 8.19. The minimum Gasteiger partial charge on any atom is -0.508 e. The van der Waals surface area contributed by atoms with Crippen molar-refractivity contribution in [2.24, 2.45) is 0 Å². The van der Waals surface area contributed by atoms with Gasteiger partial charge in [0.1, 0.15) is 17.6 Å². The van der Waals surface area contributed by atoms with Crippen LogP contribution in [0.5, 0.6) is 5.75 Å². The minimum absolute atomic E-state index is 0.114. The number of nitrogens with one attached hydrogen (secondary N) is 1. The lowest BCUT2D eigenvalue weighted by Gasteiger charge is -2.33.